The van der Waals surface area contributed by atoms with Crippen molar-refractivity contribution in [2.75, 3.05) is 0 Å². The van der Waals surface area contributed by atoms with E-state index < -0.39 is 0 Å². The van der Waals surface area contributed by atoms with E-state index in [1.807, 2.05) is 0 Å². The van der Waals surface area contributed by atoms with Crippen molar-refractivity contribution in [1.82, 2.24) is 0 Å². The van der Waals surface area contributed by atoms with Crippen LogP contribution in [0.5, 0.6) is 0 Å². The van der Waals surface area contributed by atoms with E-state index in [2.05, 4.69) is 65.8 Å². The molecule has 0 saturated heterocycles. The highest BCUT2D eigenvalue weighted by molar-refractivity contribution is 5.83. The fourth-order valence-corrected chi connectivity index (χ4v) is 9.01. The first-order valence-corrected chi connectivity index (χ1v) is 13.1. The summed E-state index contributed by atoms with van der Waals surface area (Å²) in [5.74, 6) is 5.81. The molecule has 1 unspecified atom stereocenters. The van der Waals surface area contributed by atoms with Crippen LogP contribution >= 0.6 is 0 Å². The summed E-state index contributed by atoms with van der Waals surface area (Å²) < 4.78 is 0. The molecule has 0 spiro atoms. The molecule has 3 fully saturated rings. The van der Waals surface area contributed by atoms with Crippen LogP contribution in [0.25, 0.3) is 0 Å². The Bertz CT molecular complexity index is 701. The minimum absolute atomic E-state index is 0.200. The maximum atomic E-state index is 13.4. The van der Waals surface area contributed by atoms with E-state index in [0.29, 0.717) is 29.0 Å². The van der Waals surface area contributed by atoms with Gasteiger partial charge in [0.05, 0.1) is 0 Å². The Morgan fingerprint density at radius 3 is 2.60 bits per heavy atom. The SMILES string of the molecule is CCC1C=CC[C@@H]2C(=O)C[C@H]3[C@@H]4CC[C@H]([C@H](C)/C=C/CC(C)C)[C@@]4(C)CC[C@@H]3[C@@]12C. The lowest BCUT2D eigenvalue weighted by Crippen LogP contribution is -2.58. The molecule has 0 N–H and O–H groups in total. The standard InChI is InChI=1S/C29H46O/c1-7-21-12-9-13-26-27(30)18-22-24-15-14-23(20(4)11-8-10-19(2)3)28(24,5)17-16-25(22)29(21,26)6/h8-9,11-12,19-26H,7,10,13-18H2,1-6H3/b11-8+/t20-,21?,22+,23-,24+,25+,26-,28-,29-/m1/s1. The summed E-state index contributed by atoms with van der Waals surface area (Å²) in [5, 5.41) is 0. The molecule has 3 saturated carbocycles. The predicted molar refractivity (Wildman–Crippen MR) is 127 cm³/mol. The maximum Gasteiger partial charge on any atom is 0.137 e. The van der Waals surface area contributed by atoms with Gasteiger partial charge in [-0.3, -0.25) is 4.79 Å². The number of allylic oxidation sites excluding steroid dienone is 4. The zero-order chi connectivity index (χ0) is 21.7. The van der Waals surface area contributed by atoms with E-state index in [9.17, 15) is 4.79 Å². The first kappa shape index (κ1) is 22.3. The minimum Gasteiger partial charge on any atom is -0.299 e. The smallest absolute Gasteiger partial charge is 0.137 e. The Morgan fingerprint density at radius 1 is 1.13 bits per heavy atom. The summed E-state index contributed by atoms with van der Waals surface area (Å²) in [6.45, 7) is 14.5. The third-order valence-corrected chi connectivity index (χ3v) is 10.5. The van der Waals surface area contributed by atoms with Crippen molar-refractivity contribution in [2.24, 2.45) is 58.2 Å². The number of hydrogen-bond acceptors (Lipinski definition) is 1. The van der Waals surface area contributed by atoms with E-state index in [0.717, 1.165) is 36.5 Å². The van der Waals surface area contributed by atoms with Gasteiger partial charge in [0.2, 0.25) is 0 Å². The van der Waals surface area contributed by atoms with Gasteiger partial charge in [-0.25, -0.2) is 0 Å². The lowest BCUT2D eigenvalue weighted by atomic mass is 9.42. The van der Waals surface area contributed by atoms with Crippen LogP contribution in [-0.4, -0.2) is 5.78 Å². The Kier molecular flexibility index (Phi) is 6.15. The first-order valence-electron chi connectivity index (χ1n) is 13.1. The quantitative estimate of drug-likeness (QED) is 0.421. The molecule has 1 heteroatoms. The molecule has 9 atom stereocenters. The predicted octanol–water partition coefficient (Wildman–Crippen LogP) is 7.86. The Labute approximate surface area is 186 Å². The zero-order valence-corrected chi connectivity index (χ0v) is 20.5. The van der Waals surface area contributed by atoms with Crippen LogP contribution in [0, 0.1) is 58.2 Å². The molecule has 168 valence electrons. The zero-order valence-electron chi connectivity index (χ0n) is 20.5. The molecular weight excluding hydrogens is 364 g/mol. The van der Waals surface area contributed by atoms with Crippen LogP contribution in [0.2, 0.25) is 0 Å². The average molecular weight is 411 g/mol. The number of carbonyl (C=O) groups excluding carboxylic acids is 1. The summed E-state index contributed by atoms with van der Waals surface area (Å²) in [5.41, 5.74) is 0.629. The van der Waals surface area contributed by atoms with Crippen molar-refractivity contribution in [2.45, 2.75) is 92.9 Å². The topological polar surface area (TPSA) is 17.1 Å². The highest BCUT2D eigenvalue weighted by Gasteiger charge is 2.63. The molecule has 0 radical (unpaired) electrons. The molecule has 30 heavy (non-hydrogen) atoms. The van der Waals surface area contributed by atoms with Crippen LogP contribution in [0.4, 0.5) is 0 Å². The van der Waals surface area contributed by atoms with Gasteiger partial charge < -0.3 is 0 Å². The molecule has 0 heterocycles. The van der Waals surface area contributed by atoms with E-state index in [1.54, 1.807) is 0 Å². The van der Waals surface area contributed by atoms with Crippen LogP contribution < -0.4 is 0 Å². The van der Waals surface area contributed by atoms with Crippen molar-refractivity contribution >= 4 is 5.78 Å². The van der Waals surface area contributed by atoms with E-state index >= 15 is 0 Å². The van der Waals surface area contributed by atoms with Gasteiger partial charge in [0.1, 0.15) is 5.78 Å². The first-order chi connectivity index (χ1) is 14.2. The minimum atomic E-state index is 0.200. The van der Waals surface area contributed by atoms with Gasteiger partial charge in [0.15, 0.2) is 0 Å². The number of Topliss-reactive ketones (excluding diaryl/α,β-unsaturated/α-hetero) is 1. The van der Waals surface area contributed by atoms with Crippen LogP contribution in [0.15, 0.2) is 24.3 Å². The molecule has 0 aromatic heterocycles. The normalized spacial score (nSPS) is 46.7. The lowest BCUT2D eigenvalue weighted by Gasteiger charge is -2.61. The molecule has 4 rings (SSSR count). The second-order valence-electron chi connectivity index (χ2n) is 12.3. The van der Waals surface area contributed by atoms with E-state index in [1.165, 1.54) is 38.5 Å². The van der Waals surface area contributed by atoms with E-state index in [-0.39, 0.29) is 11.3 Å². The Balaban J connectivity index is 1.59. The highest BCUT2D eigenvalue weighted by atomic mass is 16.1. The summed E-state index contributed by atoms with van der Waals surface area (Å²) in [6.07, 6.45) is 19.4. The van der Waals surface area contributed by atoms with Gasteiger partial charge in [0.25, 0.3) is 0 Å². The molecule has 0 aliphatic heterocycles. The van der Waals surface area contributed by atoms with Crippen LogP contribution in [0.3, 0.4) is 0 Å². The highest BCUT2D eigenvalue weighted by Crippen LogP contribution is 2.68. The molecule has 0 aromatic rings. The average Bonchev–Trinajstić information content (AvgIpc) is 3.05. The van der Waals surface area contributed by atoms with Gasteiger partial charge in [-0.2, -0.15) is 0 Å². The molecule has 0 amide bonds. The van der Waals surface area contributed by atoms with Gasteiger partial charge in [-0.05, 0) is 97.2 Å². The second-order valence-corrected chi connectivity index (χ2v) is 12.3. The van der Waals surface area contributed by atoms with Crippen LogP contribution in [0.1, 0.15) is 92.9 Å². The summed E-state index contributed by atoms with van der Waals surface area (Å²) >= 11 is 0. The Morgan fingerprint density at radius 2 is 1.90 bits per heavy atom. The van der Waals surface area contributed by atoms with Crippen molar-refractivity contribution in [3.05, 3.63) is 24.3 Å². The van der Waals surface area contributed by atoms with E-state index in [4.69, 9.17) is 0 Å². The van der Waals surface area contributed by atoms with Crippen molar-refractivity contribution in [1.29, 1.82) is 0 Å². The van der Waals surface area contributed by atoms with Crippen molar-refractivity contribution in [3.8, 4) is 0 Å². The van der Waals surface area contributed by atoms with Gasteiger partial charge in [-0.1, -0.05) is 65.8 Å². The third-order valence-electron chi connectivity index (χ3n) is 10.5. The van der Waals surface area contributed by atoms with Gasteiger partial charge in [0, 0.05) is 12.3 Å². The summed E-state index contributed by atoms with van der Waals surface area (Å²) in [6, 6.07) is 0. The molecule has 0 aromatic carbocycles. The molecule has 1 nitrogen and oxygen atoms in total. The monoisotopic (exact) mass is 410 g/mol. The number of carbonyl (C=O) groups is 1. The summed E-state index contributed by atoms with van der Waals surface area (Å²) in [7, 11) is 0. The molecule has 4 aliphatic carbocycles. The molecule has 4 aliphatic rings. The third kappa shape index (κ3) is 3.38. The molecular formula is C29H46O. The fraction of sp³-hybridized carbons (Fsp3) is 0.828. The summed E-state index contributed by atoms with van der Waals surface area (Å²) in [4.78, 5) is 13.4. The largest absolute Gasteiger partial charge is 0.299 e. The second kappa shape index (κ2) is 8.25. The van der Waals surface area contributed by atoms with Crippen LogP contribution in [-0.2, 0) is 4.79 Å². The molecule has 0 bridgehead atoms. The van der Waals surface area contributed by atoms with Gasteiger partial charge in [-0.15, -0.1) is 0 Å². The van der Waals surface area contributed by atoms with Crippen molar-refractivity contribution < 1.29 is 4.79 Å². The number of fused-ring (bicyclic) bond motifs is 5. The maximum absolute atomic E-state index is 13.4. The number of ketones is 1. The van der Waals surface area contributed by atoms with Gasteiger partial charge >= 0.3 is 0 Å². The fourth-order valence-electron chi connectivity index (χ4n) is 9.01. The lowest BCUT2D eigenvalue weighted by molar-refractivity contribution is -0.155. The Hall–Kier alpha value is -0.850. The van der Waals surface area contributed by atoms with Crippen molar-refractivity contribution in [3.63, 3.8) is 0 Å². The number of rotatable bonds is 5. The number of hydrogen-bond donors (Lipinski definition) is 0.